The minimum Gasteiger partial charge on any atom is -0.494 e. The Morgan fingerprint density at radius 1 is 1.56 bits per heavy atom. The van der Waals surface area contributed by atoms with Crippen molar-refractivity contribution < 1.29 is 14.3 Å². The van der Waals surface area contributed by atoms with Gasteiger partial charge in [0.1, 0.15) is 36.5 Å². The third-order valence-electron chi connectivity index (χ3n) is 3.88. The maximum absolute atomic E-state index is 12.1. The molecule has 0 saturated carbocycles. The summed E-state index contributed by atoms with van der Waals surface area (Å²) in [6, 6.07) is 5.79. The lowest BCUT2D eigenvalue weighted by molar-refractivity contribution is -0.121. The van der Waals surface area contributed by atoms with E-state index in [1.807, 2.05) is 32.0 Å². The van der Waals surface area contributed by atoms with Crippen molar-refractivity contribution in [2.75, 3.05) is 6.61 Å². The van der Waals surface area contributed by atoms with Gasteiger partial charge in [-0.1, -0.05) is 0 Å². The summed E-state index contributed by atoms with van der Waals surface area (Å²) < 4.78 is 12.9. The van der Waals surface area contributed by atoms with Gasteiger partial charge in [-0.3, -0.25) is 9.36 Å². The van der Waals surface area contributed by atoms with Crippen LogP contribution in [0.3, 0.4) is 0 Å². The van der Waals surface area contributed by atoms with Gasteiger partial charge in [0.05, 0.1) is 6.61 Å². The van der Waals surface area contributed by atoms with E-state index in [0.29, 0.717) is 13.2 Å². The van der Waals surface area contributed by atoms with Crippen LogP contribution in [0.1, 0.15) is 30.8 Å². The highest BCUT2D eigenvalue weighted by atomic mass is 16.5. The predicted molar refractivity (Wildman–Crippen MR) is 88.0 cm³/mol. The molecule has 0 aliphatic carbocycles. The first kappa shape index (κ1) is 16.8. The highest BCUT2D eigenvalue weighted by molar-refractivity contribution is 5.76. The SMILES string of the molecule is CCOc1cc2c(cc1CNC(=O)Cn1cnnc1C#N)OC(C)C2. The zero-order chi connectivity index (χ0) is 17.8. The number of hydrogen-bond donors (Lipinski definition) is 1. The third kappa shape index (κ3) is 3.71. The summed E-state index contributed by atoms with van der Waals surface area (Å²) in [6.07, 6.45) is 2.36. The molecule has 0 spiro atoms. The quantitative estimate of drug-likeness (QED) is 0.847. The van der Waals surface area contributed by atoms with Crippen LogP contribution in [0.2, 0.25) is 0 Å². The predicted octanol–water partition coefficient (Wildman–Crippen LogP) is 1.19. The second-order valence-electron chi connectivity index (χ2n) is 5.80. The van der Waals surface area contributed by atoms with Crippen LogP contribution >= 0.6 is 0 Å². The first-order valence-corrected chi connectivity index (χ1v) is 8.10. The number of carbonyl (C=O) groups excluding carboxylic acids is 1. The molecule has 0 radical (unpaired) electrons. The number of aromatic nitrogens is 3. The smallest absolute Gasteiger partial charge is 0.240 e. The summed E-state index contributed by atoms with van der Waals surface area (Å²) in [6.45, 7) is 4.78. The van der Waals surface area contributed by atoms with Crippen LogP contribution in [0.4, 0.5) is 0 Å². The number of fused-ring (bicyclic) bond motifs is 1. The summed E-state index contributed by atoms with van der Waals surface area (Å²) in [7, 11) is 0. The Kier molecular flexibility index (Phi) is 4.84. The molecule has 1 N–H and O–H groups in total. The highest BCUT2D eigenvalue weighted by Gasteiger charge is 2.22. The van der Waals surface area contributed by atoms with E-state index in [-0.39, 0.29) is 24.4 Å². The molecule has 8 heteroatoms. The van der Waals surface area contributed by atoms with Gasteiger partial charge >= 0.3 is 0 Å². The standard InChI is InChI=1S/C17H19N5O3/c1-3-24-14-5-12-4-11(2)25-15(12)6-13(14)8-19-17(23)9-22-10-20-21-16(22)7-18/h5-6,10-11H,3-4,8-9H2,1-2H3,(H,19,23). The molecule has 1 unspecified atom stereocenters. The maximum Gasteiger partial charge on any atom is 0.240 e. The Morgan fingerprint density at radius 3 is 3.16 bits per heavy atom. The first-order valence-electron chi connectivity index (χ1n) is 8.10. The Labute approximate surface area is 145 Å². The van der Waals surface area contributed by atoms with Crippen molar-refractivity contribution in [1.82, 2.24) is 20.1 Å². The van der Waals surface area contributed by atoms with Crippen molar-refractivity contribution in [3.63, 3.8) is 0 Å². The second-order valence-corrected chi connectivity index (χ2v) is 5.80. The first-order chi connectivity index (χ1) is 12.1. The van der Waals surface area contributed by atoms with E-state index in [2.05, 4.69) is 15.5 Å². The van der Waals surface area contributed by atoms with E-state index in [0.717, 1.165) is 29.0 Å². The molecule has 1 aromatic heterocycles. The molecule has 2 heterocycles. The van der Waals surface area contributed by atoms with Crippen molar-refractivity contribution in [2.24, 2.45) is 0 Å². The number of ether oxygens (including phenoxy) is 2. The topological polar surface area (TPSA) is 102 Å². The fourth-order valence-corrected chi connectivity index (χ4v) is 2.77. The van der Waals surface area contributed by atoms with E-state index in [4.69, 9.17) is 14.7 Å². The zero-order valence-electron chi connectivity index (χ0n) is 14.2. The van der Waals surface area contributed by atoms with Crippen molar-refractivity contribution >= 4 is 5.91 Å². The summed E-state index contributed by atoms with van der Waals surface area (Å²) in [5.41, 5.74) is 1.97. The Balaban J connectivity index is 1.69. The number of rotatable bonds is 6. The van der Waals surface area contributed by atoms with E-state index in [9.17, 15) is 4.79 Å². The molecular formula is C17H19N5O3. The largest absolute Gasteiger partial charge is 0.494 e. The van der Waals surface area contributed by atoms with Crippen molar-refractivity contribution in [3.05, 3.63) is 35.4 Å². The van der Waals surface area contributed by atoms with Gasteiger partial charge in [-0.25, -0.2) is 0 Å². The minimum atomic E-state index is -0.242. The number of amides is 1. The average molecular weight is 341 g/mol. The molecule has 25 heavy (non-hydrogen) atoms. The molecule has 1 aromatic carbocycles. The fourth-order valence-electron chi connectivity index (χ4n) is 2.77. The van der Waals surface area contributed by atoms with Crippen LogP contribution in [-0.4, -0.2) is 33.4 Å². The van der Waals surface area contributed by atoms with Gasteiger partial charge in [-0.05, 0) is 26.0 Å². The lowest BCUT2D eigenvalue weighted by atomic mass is 10.1. The fraction of sp³-hybridized carbons (Fsp3) is 0.412. The number of benzene rings is 1. The van der Waals surface area contributed by atoms with Gasteiger partial charge < -0.3 is 14.8 Å². The second kappa shape index (κ2) is 7.21. The number of hydrogen-bond acceptors (Lipinski definition) is 6. The Morgan fingerprint density at radius 2 is 2.40 bits per heavy atom. The zero-order valence-corrected chi connectivity index (χ0v) is 14.2. The Hall–Kier alpha value is -3.08. The van der Waals surface area contributed by atoms with Crippen LogP contribution < -0.4 is 14.8 Å². The van der Waals surface area contributed by atoms with Gasteiger partial charge in [0.15, 0.2) is 0 Å². The lowest BCUT2D eigenvalue weighted by Gasteiger charge is -2.13. The van der Waals surface area contributed by atoms with Gasteiger partial charge in [0.25, 0.3) is 0 Å². The molecule has 0 bridgehead atoms. The van der Waals surface area contributed by atoms with Crippen LogP contribution in [0, 0.1) is 11.3 Å². The average Bonchev–Trinajstić information content (AvgIpc) is 3.17. The summed E-state index contributed by atoms with van der Waals surface area (Å²) >= 11 is 0. The third-order valence-corrected chi connectivity index (χ3v) is 3.88. The molecule has 8 nitrogen and oxygen atoms in total. The maximum atomic E-state index is 12.1. The molecule has 2 aromatic rings. The van der Waals surface area contributed by atoms with Gasteiger partial charge in [0.2, 0.25) is 11.7 Å². The molecule has 1 amide bonds. The normalized spacial score (nSPS) is 15.2. The lowest BCUT2D eigenvalue weighted by Crippen LogP contribution is -2.27. The summed E-state index contributed by atoms with van der Waals surface area (Å²) in [5, 5.41) is 19.0. The van der Waals surface area contributed by atoms with E-state index in [1.54, 1.807) is 0 Å². The van der Waals surface area contributed by atoms with E-state index in [1.165, 1.54) is 10.9 Å². The highest BCUT2D eigenvalue weighted by Crippen LogP contribution is 2.35. The van der Waals surface area contributed by atoms with Crippen LogP contribution in [-0.2, 0) is 24.3 Å². The molecule has 0 fully saturated rings. The summed E-state index contributed by atoms with van der Waals surface area (Å²) in [4.78, 5) is 12.1. The Bertz CT molecular complexity index is 824. The number of nitrogens with one attached hydrogen (secondary N) is 1. The van der Waals surface area contributed by atoms with E-state index >= 15 is 0 Å². The minimum absolute atomic E-state index is 0.0155. The molecular weight excluding hydrogens is 322 g/mol. The molecule has 3 rings (SSSR count). The molecule has 0 saturated heterocycles. The van der Waals surface area contributed by atoms with Crippen LogP contribution in [0.5, 0.6) is 11.5 Å². The number of nitriles is 1. The van der Waals surface area contributed by atoms with Crippen LogP contribution in [0.25, 0.3) is 0 Å². The van der Waals surface area contributed by atoms with Crippen molar-refractivity contribution in [1.29, 1.82) is 5.26 Å². The van der Waals surface area contributed by atoms with Crippen molar-refractivity contribution in [3.8, 4) is 17.6 Å². The molecule has 1 aliphatic rings. The number of nitrogens with zero attached hydrogens (tertiary/aromatic N) is 4. The molecule has 1 aliphatic heterocycles. The molecule has 1 atom stereocenters. The van der Waals surface area contributed by atoms with E-state index < -0.39 is 0 Å². The van der Waals surface area contributed by atoms with Gasteiger partial charge in [-0.2, -0.15) is 5.26 Å². The van der Waals surface area contributed by atoms with Gasteiger partial charge in [0, 0.05) is 24.1 Å². The van der Waals surface area contributed by atoms with Gasteiger partial charge in [-0.15, -0.1) is 10.2 Å². The monoisotopic (exact) mass is 341 g/mol. The van der Waals surface area contributed by atoms with Crippen LogP contribution in [0.15, 0.2) is 18.5 Å². The summed E-state index contributed by atoms with van der Waals surface area (Å²) in [5.74, 6) is 1.45. The van der Waals surface area contributed by atoms with Crippen molar-refractivity contribution in [2.45, 2.75) is 39.5 Å². The number of carbonyl (C=O) groups is 1. The molecule has 130 valence electrons.